The average Bonchev–Trinajstić information content (AvgIpc) is 2.62. The van der Waals surface area contributed by atoms with Gasteiger partial charge in [-0.1, -0.05) is 17.7 Å². The van der Waals surface area contributed by atoms with Crippen molar-refractivity contribution >= 4 is 11.6 Å². The number of rotatable bonds is 6. The van der Waals surface area contributed by atoms with Gasteiger partial charge in [0.25, 0.3) is 5.91 Å². The fourth-order valence-corrected chi connectivity index (χ4v) is 2.08. The zero-order valence-electron chi connectivity index (χ0n) is 13.8. The number of carbonyl (C=O) groups is 1. The van der Waals surface area contributed by atoms with Crippen LogP contribution in [0.2, 0.25) is 0 Å². The van der Waals surface area contributed by atoms with Gasteiger partial charge in [0.05, 0.1) is 6.33 Å². The molecule has 0 bridgehead atoms. The molecule has 2 N–H and O–H groups in total. The summed E-state index contributed by atoms with van der Waals surface area (Å²) < 4.78 is 17.9. The molecular formula is C19H21FN2O2. The summed E-state index contributed by atoms with van der Waals surface area (Å²) in [6, 6.07) is 14.5. The van der Waals surface area contributed by atoms with E-state index in [9.17, 15) is 9.18 Å². The van der Waals surface area contributed by atoms with Crippen molar-refractivity contribution in [3.05, 3.63) is 71.6 Å². The average molecular weight is 328 g/mol. The van der Waals surface area contributed by atoms with Gasteiger partial charge in [-0.3, -0.25) is 4.79 Å². The fourth-order valence-electron chi connectivity index (χ4n) is 2.08. The van der Waals surface area contributed by atoms with E-state index in [0.29, 0.717) is 23.2 Å². The van der Waals surface area contributed by atoms with E-state index < -0.39 is 0 Å². The van der Waals surface area contributed by atoms with E-state index in [1.807, 2.05) is 31.2 Å². The van der Waals surface area contributed by atoms with E-state index in [4.69, 9.17) is 10.5 Å². The molecule has 0 heterocycles. The number of aryl methyl sites for hydroxylation is 1. The van der Waals surface area contributed by atoms with E-state index >= 15 is 0 Å². The van der Waals surface area contributed by atoms with Crippen LogP contribution < -0.4 is 15.4 Å². The molecular weight excluding hydrogens is 307 g/mol. The third-order valence-electron chi connectivity index (χ3n) is 3.67. The summed E-state index contributed by atoms with van der Waals surface area (Å²) in [7, 11) is 1.73. The van der Waals surface area contributed by atoms with Gasteiger partial charge in [0.15, 0.2) is 0 Å². The number of benzene rings is 2. The highest BCUT2D eigenvalue weighted by Crippen LogP contribution is 2.18. The SMILES string of the molecule is Cc1ccc(N(C)C(=O)c2ccc(OCC(=CF)CN)cc2)cc1. The highest BCUT2D eigenvalue weighted by Gasteiger charge is 2.13. The maximum Gasteiger partial charge on any atom is 0.258 e. The van der Waals surface area contributed by atoms with Gasteiger partial charge in [0, 0.05) is 30.4 Å². The van der Waals surface area contributed by atoms with Crippen molar-refractivity contribution < 1.29 is 13.9 Å². The first-order chi connectivity index (χ1) is 11.5. The normalized spacial score (nSPS) is 11.2. The summed E-state index contributed by atoms with van der Waals surface area (Å²) >= 11 is 0. The van der Waals surface area contributed by atoms with Gasteiger partial charge in [-0.25, -0.2) is 4.39 Å². The highest BCUT2D eigenvalue weighted by molar-refractivity contribution is 6.05. The van der Waals surface area contributed by atoms with Crippen LogP contribution >= 0.6 is 0 Å². The Balaban J connectivity index is 2.04. The Labute approximate surface area is 141 Å². The number of nitrogens with zero attached hydrogens (tertiary/aromatic N) is 1. The lowest BCUT2D eigenvalue weighted by atomic mass is 10.1. The molecule has 0 aliphatic rings. The summed E-state index contributed by atoms with van der Waals surface area (Å²) in [4.78, 5) is 14.1. The standard InChI is InChI=1S/C19H21FN2O2/c1-14-3-7-17(8-4-14)22(2)19(23)16-5-9-18(10-6-16)24-13-15(11-20)12-21/h3-11H,12-13,21H2,1-2H3. The molecule has 126 valence electrons. The molecule has 0 aliphatic carbocycles. The zero-order valence-corrected chi connectivity index (χ0v) is 13.8. The highest BCUT2D eigenvalue weighted by atomic mass is 19.1. The van der Waals surface area contributed by atoms with Gasteiger partial charge in [-0.15, -0.1) is 0 Å². The van der Waals surface area contributed by atoms with Crippen LogP contribution in [-0.4, -0.2) is 26.1 Å². The van der Waals surface area contributed by atoms with Gasteiger partial charge in [0.2, 0.25) is 0 Å². The van der Waals surface area contributed by atoms with Crippen LogP contribution in [0.4, 0.5) is 10.1 Å². The summed E-state index contributed by atoms with van der Waals surface area (Å²) in [6.07, 6.45) is 0.453. The molecule has 0 unspecified atom stereocenters. The number of nitrogens with two attached hydrogens (primary N) is 1. The molecule has 0 spiro atoms. The molecule has 0 saturated heterocycles. The van der Waals surface area contributed by atoms with Gasteiger partial charge >= 0.3 is 0 Å². The Kier molecular flexibility index (Phi) is 6.09. The van der Waals surface area contributed by atoms with Crippen molar-refractivity contribution in [3.8, 4) is 5.75 Å². The maximum atomic E-state index is 12.5. The third kappa shape index (κ3) is 4.43. The quantitative estimate of drug-likeness (QED) is 0.883. The van der Waals surface area contributed by atoms with Crippen LogP contribution in [0.3, 0.4) is 0 Å². The summed E-state index contributed by atoms with van der Waals surface area (Å²) in [6.45, 7) is 2.19. The Bertz CT molecular complexity index is 709. The lowest BCUT2D eigenvalue weighted by molar-refractivity contribution is 0.0993. The van der Waals surface area contributed by atoms with Crippen molar-refractivity contribution in [2.75, 3.05) is 25.1 Å². The second-order valence-corrected chi connectivity index (χ2v) is 5.48. The van der Waals surface area contributed by atoms with E-state index in [1.54, 1.807) is 36.2 Å². The van der Waals surface area contributed by atoms with Gasteiger partial charge in [0.1, 0.15) is 12.4 Å². The van der Waals surface area contributed by atoms with E-state index in [2.05, 4.69) is 0 Å². The van der Waals surface area contributed by atoms with Gasteiger partial charge in [-0.2, -0.15) is 0 Å². The summed E-state index contributed by atoms with van der Waals surface area (Å²) in [5.41, 5.74) is 8.25. The molecule has 24 heavy (non-hydrogen) atoms. The molecule has 0 atom stereocenters. The van der Waals surface area contributed by atoms with Crippen molar-refractivity contribution in [2.24, 2.45) is 5.73 Å². The lowest BCUT2D eigenvalue weighted by Crippen LogP contribution is -2.26. The molecule has 0 saturated carbocycles. The van der Waals surface area contributed by atoms with Crippen LogP contribution in [0, 0.1) is 6.92 Å². The number of halogens is 1. The number of hydrogen-bond donors (Lipinski definition) is 1. The van der Waals surface area contributed by atoms with Crippen LogP contribution in [0.25, 0.3) is 0 Å². The largest absolute Gasteiger partial charge is 0.489 e. The monoisotopic (exact) mass is 328 g/mol. The minimum absolute atomic E-state index is 0.0869. The predicted octanol–water partition coefficient (Wildman–Crippen LogP) is 3.46. The Morgan fingerprint density at radius 3 is 2.33 bits per heavy atom. The Morgan fingerprint density at radius 2 is 1.79 bits per heavy atom. The van der Waals surface area contributed by atoms with Crippen LogP contribution in [0.15, 0.2) is 60.4 Å². The molecule has 0 aromatic heterocycles. The predicted molar refractivity (Wildman–Crippen MR) is 94.1 cm³/mol. The van der Waals surface area contributed by atoms with Crippen molar-refractivity contribution in [2.45, 2.75) is 6.92 Å². The number of ether oxygens (including phenoxy) is 1. The van der Waals surface area contributed by atoms with Crippen molar-refractivity contribution in [3.63, 3.8) is 0 Å². The van der Waals surface area contributed by atoms with Crippen molar-refractivity contribution in [1.29, 1.82) is 0 Å². The fraction of sp³-hybridized carbons (Fsp3) is 0.211. The first-order valence-corrected chi connectivity index (χ1v) is 7.61. The topological polar surface area (TPSA) is 55.6 Å². The van der Waals surface area contributed by atoms with Gasteiger partial charge in [-0.05, 0) is 43.3 Å². The first-order valence-electron chi connectivity index (χ1n) is 7.61. The van der Waals surface area contributed by atoms with Gasteiger partial charge < -0.3 is 15.4 Å². The van der Waals surface area contributed by atoms with E-state index in [-0.39, 0.29) is 19.1 Å². The Morgan fingerprint density at radius 1 is 1.17 bits per heavy atom. The second kappa shape index (κ2) is 8.26. The lowest BCUT2D eigenvalue weighted by Gasteiger charge is -2.18. The molecule has 2 aromatic carbocycles. The first kappa shape index (κ1) is 17.7. The molecule has 1 amide bonds. The zero-order chi connectivity index (χ0) is 17.5. The molecule has 0 radical (unpaired) electrons. The smallest absolute Gasteiger partial charge is 0.258 e. The van der Waals surface area contributed by atoms with Crippen LogP contribution in [0.1, 0.15) is 15.9 Å². The van der Waals surface area contributed by atoms with E-state index in [0.717, 1.165) is 11.3 Å². The molecule has 4 nitrogen and oxygen atoms in total. The maximum absolute atomic E-state index is 12.5. The summed E-state index contributed by atoms with van der Waals surface area (Å²) in [5.74, 6) is 0.439. The minimum Gasteiger partial charge on any atom is -0.489 e. The van der Waals surface area contributed by atoms with Crippen LogP contribution in [-0.2, 0) is 0 Å². The molecule has 0 aliphatic heterocycles. The van der Waals surface area contributed by atoms with Crippen molar-refractivity contribution in [1.82, 2.24) is 0 Å². The number of hydrogen-bond acceptors (Lipinski definition) is 3. The van der Waals surface area contributed by atoms with Crippen LogP contribution in [0.5, 0.6) is 5.75 Å². The number of anilines is 1. The van der Waals surface area contributed by atoms with E-state index in [1.165, 1.54) is 0 Å². The minimum atomic E-state index is -0.114. The number of carbonyl (C=O) groups excluding carboxylic acids is 1. The molecule has 2 rings (SSSR count). The molecule has 0 fully saturated rings. The molecule has 2 aromatic rings. The molecule has 5 heteroatoms. The Hall–Kier alpha value is -2.66. The number of amides is 1. The summed E-state index contributed by atoms with van der Waals surface area (Å²) in [5, 5.41) is 0. The second-order valence-electron chi connectivity index (χ2n) is 5.48. The third-order valence-corrected chi connectivity index (χ3v) is 3.67.